The third kappa shape index (κ3) is 3.65. The highest BCUT2D eigenvalue weighted by Gasteiger charge is 2.39. The average molecular weight is 464 g/mol. The molecule has 0 bridgehead atoms. The molecular formula is C21H22BrNO2S2. The van der Waals surface area contributed by atoms with Gasteiger partial charge in [0.15, 0.2) is 6.10 Å². The second-order valence-corrected chi connectivity index (χ2v) is 9.80. The summed E-state index contributed by atoms with van der Waals surface area (Å²) in [6.07, 6.45) is -0.0716. The SMILES string of the molecule is CCN(CC)C1SC2=C(S1)C(c1ccc(OC)cc1)Oc1ccc(Br)cc12. The summed E-state index contributed by atoms with van der Waals surface area (Å²) in [4.78, 5) is 5.16. The smallest absolute Gasteiger partial charge is 0.156 e. The van der Waals surface area contributed by atoms with Crippen LogP contribution < -0.4 is 9.47 Å². The molecule has 6 heteroatoms. The molecule has 142 valence electrons. The Morgan fingerprint density at radius 3 is 2.48 bits per heavy atom. The Kier molecular flexibility index (Phi) is 5.78. The summed E-state index contributed by atoms with van der Waals surface area (Å²) in [5.74, 6) is 1.81. The minimum atomic E-state index is -0.0716. The number of halogens is 1. The normalized spacial score (nSPS) is 21.1. The molecule has 2 atom stereocenters. The van der Waals surface area contributed by atoms with Gasteiger partial charge in [-0.15, -0.1) is 0 Å². The fourth-order valence-corrected chi connectivity index (χ4v) is 7.14. The zero-order valence-electron chi connectivity index (χ0n) is 15.6. The van der Waals surface area contributed by atoms with Crippen LogP contribution in [0.4, 0.5) is 0 Å². The first-order chi connectivity index (χ1) is 13.1. The molecule has 2 aromatic carbocycles. The molecule has 3 nitrogen and oxygen atoms in total. The molecular weight excluding hydrogens is 442 g/mol. The van der Waals surface area contributed by atoms with E-state index in [1.54, 1.807) is 7.11 Å². The predicted molar refractivity (Wildman–Crippen MR) is 119 cm³/mol. The number of ether oxygens (including phenoxy) is 2. The van der Waals surface area contributed by atoms with Crippen molar-refractivity contribution in [3.8, 4) is 11.5 Å². The zero-order valence-corrected chi connectivity index (χ0v) is 18.8. The van der Waals surface area contributed by atoms with Crippen molar-refractivity contribution in [2.45, 2.75) is 24.7 Å². The molecule has 0 aliphatic carbocycles. The number of methoxy groups -OCH3 is 1. The molecule has 0 N–H and O–H groups in total. The van der Waals surface area contributed by atoms with E-state index in [-0.39, 0.29) is 6.10 Å². The number of rotatable bonds is 5. The minimum Gasteiger partial charge on any atom is -0.497 e. The Bertz CT molecular complexity index is 865. The lowest BCUT2D eigenvalue weighted by molar-refractivity contribution is 0.247. The van der Waals surface area contributed by atoms with E-state index in [4.69, 9.17) is 9.47 Å². The summed E-state index contributed by atoms with van der Waals surface area (Å²) in [7, 11) is 1.69. The van der Waals surface area contributed by atoms with E-state index < -0.39 is 0 Å². The summed E-state index contributed by atoms with van der Waals surface area (Å²) >= 11 is 7.50. The second kappa shape index (κ2) is 8.11. The molecule has 2 heterocycles. The van der Waals surface area contributed by atoms with Crippen LogP contribution in [0.2, 0.25) is 0 Å². The van der Waals surface area contributed by atoms with E-state index in [1.807, 2.05) is 41.7 Å². The van der Waals surface area contributed by atoms with Crippen molar-refractivity contribution in [1.29, 1.82) is 0 Å². The van der Waals surface area contributed by atoms with Crippen molar-refractivity contribution in [2.24, 2.45) is 0 Å². The maximum absolute atomic E-state index is 6.48. The maximum Gasteiger partial charge on any atom is 0.156 e. The van der Waals surface area contributed by atoms with Gasteiger partial charge in [0.1, 0.15) is 16.2 Å². The molecule has 4 rings (SSSR count). The Balaban J connectivity index is 1.75. The first kappa shape index (κ1) is 19.2. The van der Waals surface area contributed by atoms with Gasteiger partial charge in [0, 0.05) is 19.8 Å². The van der Waals surface area contributed by atoms with Crippen molar-refractivity contribution in [3.05, 3.63) is 63.0 Å². The molecule has 2 unspecified atom stereocenters. The first-order valence-corrected chi connectivity index (χ1v) is 11.6. The van der Waals surface area contributed by atoms with Gasteiger partial charge in [0.05, 0.1) is 7.11 Å². The van der Waals surface area contributed by atoms with Gasteiger partial charge in [-0.3, -0.25) is 4.90 Å². The van der Waals surface area contributed by atoms with Crippen LogP contribution in [0.25, 0.3) is 4.91 Å². The van der Waals surface area contributed by atoms with Crippen LogP contribution in [0.15, 0.2) is 51.8 Å². The van der Waals surface area contributed by atoms with Crippen LogP contribution in [0, 0.1) is 0 Å². The largest absolute Gasteiger partial charge is 0.497 e. The number of fused-ring (bicyclic) bond motifs is 2. The summed E-state index contributed by atoms with van der Waals surface area (Å²) in [6, 6.07) is 14.5. The van der Waals surface area contributed by atoms with Crippen molar-refractivity contribution in [1.82, 2.24) is 4.90 Å². The van der Waals surface area contributed by atoms with Crippen LogP contribution >= 0.6 is 39.5 Å². The molecule has 0 saturated heterocycles. The quantitative estimate of drug-likeness (QED) is 0.512. The number of hydrogen-bond donors (Lipinski definition) is 0. The van der Waals surface area contributed by atoms with E-state index in [0.717, 1.165) is 34.6 Å². The van der Waals surface area contributed by atoms with Crippen molar-refractivity contribution in [3.63, 3.8) is 0 Å². The summed E-state index contributed by atoms with van der Waals surface area (Å²) in [6.45, 7) is 6.54. The predicted octanol–water partition coefficient (Wildman–Crippen LogP) is 6.37. The van der Waals surface area contributed by atoms with Gasteiger partial charge < -0.3 is 9.47 Å². The van der Waals surface area contributed by atoms with E-state index in [1.165, 1.54) is 15.4 Å². The Hall–Kier alpha value is -1.08. The van der Waals surface area contributed by atoms with Gasteiger partial charge >= 0.3 is 0 Å². The summed E-state index contributed by atoms with van der Waals surface area (Å²) < 4.78 is 13.3. The molecule has 2 aromatic rings. The van der Waals surface area contributed by atoms with Crippen LogP contribution in [-0.2, 0) is 0 Å². The molecule has 2 aliphatic rings. The van der Waals surface area contributed by atoms with Crippen LogP contribution in [-0.4, -0.2) is 29.8 Å². The van der Waals surface area contributed by atoms with Crippen LogP contribution in [0.3, 0.4) is 0 Å². The molecule has 0 amide bonds. The van der Waals surface area contributed by atoms with E-state index in [0.29, 0.717) is 4.71 Å². The molecule has 0 aromatic heterocycles. The standard InChI is InChI=1S/C21H22BrNO2S2/c1-4-23(5-2)21-26-19-16-12-14(22)8-11-17(16)25-18(20(19)27-21)13-6-9-15(24-3)10-7-13/h6-12,18,21H,4-5H2,1-3H3. The van der Waals surface area contributed by atoms with E-state index in [2.05, 4.69) is 58.9 Å². The number of benzene rings is 2. The lowest BCUT2D eigenvalue weighted by atomic mass is 10.0. The molecule has 27 heavy (non-hydrogen) atoms. The van der Waals surface area contributed by atoms with Gasteiger partial charge in [-0.1, -0.05) is 65.4 Å². The Morgan fingerprint density at radius 2 is 1.81 bits per heavy atom. The molecule has 2 aliphatic heterocycles. The lowest BCUT2D eigenvalue weighted by Gasteiger charge is -2.28. The maximum atomic E-state index is 6.48. The van der Waals surface area contributed by atoms with Gasteiger partial charge in [-0.2, -0.15) is 0 Å². The molecule has 0 saturated carbocycles. The summed E-state index contributed by atoms with van der Waals surface area (Å²) in [5.41, 5.74) is 2.35. The topological polar surface area (TPSA) is 21.7 Å². The first-order valence-electron chi connectivity index (χ1n) is 9.06. The molecule has 0 fully saturated rings. The molecule has 0 spiro atoms. The highest BCUT2D eigenvalue weighted by Crippen LogP contribution is 2.60. The zero-order chi connectivity index (χ0) is 19.0. The summed E-state index contributed by atoms with van der Waals surface area (Å²) in [5, 5.41) is 0. The highest BCUT2D eigenvalue weighted by molar-refractivity contribution is 9.10. The number of nitrogens with zero attached hydrogens (tertiary/aromatic N) is 1. The second-order valence-electron chi connectivity index (χ2n) is 6.37. The fourth-order valence-electron chi connectivity index (χ4n) is 3.35. The number of hydrogen-bond acceptors (Lipinski definition) is 5. The van der Waals surface area contributed by atoms with Gasteiger partial charge in [0.25, 0.3) is 0 Å². The third-order valence-electron chi connectivity index (χ3n) is 4.87. The molecule has 0 radical (unpaired) electrons. The van der Waals surface area contributed by atoms with E-state index >= 15 is 0 Å². The monoisotopic (exact) mass is 463 g/mol. The Labute approximate surface area is 177 Å². The Morgan fingerprint density at radius 1 is 1.07 bits per heavy atom. The van der Waals surface area contributed by atoms with Gasteiger partial charge in [-0.05, 0) is 49.0 Å². The van der Waals surface area contributed by atoms with Crippen molar-refractivity contribution < 1.29 is 9.47 Å². The van der Waals surface area contributed by atoms with Crippen molar-refractivity contribution in [2.75, 3.05) is 20.2 Å². The average Bonchev–Trinajstić information content (AvgIpc) is 3.14. The lowest BCUT2D eigenvalue weighted by Crippen LogP contribution is -2.29. The highest BCUT2D eigenvalue weighted by atomic mass is 79.9. The number of thioether (sulfide) groups is 2. The fraction of sp³-hybridized carbons (Fsp3) is 0.333. The third-order valence-corrected chi connectivity index (χ3v) is 8.42. The van der Waals surface area contributed by atoms with E-state index in [9.17, 15) is 0 Å². The van der Waals surface area contributed by atoms with Gasteiger partial charge in [0.2, 0.25) is 0 Å². The van der Waals surface area contributed by atoms with Gasteiger partial charge in [-0.25, -0.2) is 0 Å². The van der Waals surface area contributed by atoms with Crippen LogP contribution in [0.1, 0.15) is 31.1 Å². The van der Waals surface area contributed by atoms with Crippen LogP contribution in [0.5, 0.6) is 11.5 Å². The van der Waals surface area contributed by atoms with Crippen molar-refractivity contribution >= 4 is 44.4 Å². The minimum absolute atomic E-state index is 0.0716.